The van der Waals surface area contributed by atoms with E-state index < -0.39 is 5.91 Å². The monoisotopic (exact) mass is 961 g/mol. The van der Waals surface area contributed by atoms with Gasteiger partial charge in [0.05, 0.1) is 0 Å². The van der Waals surface area contributed by atoms with Crippen molar-refractivity contribution in [3.63, 3.8) is 0 Å². The lowest BCUT2D eigenvalue weighted by Gasteiger charge is -2.11. The molecule has 382 valence electrons. The number of benzene rings is 6. The molecule has 70 heavy (non-hydrogen) atoms. The number of allylic oxidation sites excluding steroid dienone is 1. The van der Waals surface area contributed by atoms with Gasteiger partial charge in [0.1, 0.15) is 28.7 Å². The normalized spacial score (nSPS) is 9.40. The zero-order valence-electron chi connectivity index (χ0n) is 35.5. The Morgan fingerprint density at radius 2 is 0.957 bits per heavy atom. The molecular formula is C59H84N4O7. The van der Waals surface area contributed by atoms with Gasteiger partial charge in [0, 0.05) is 70.7 Å². The maximum absolute atomic E-state index is 12.6. The summed E-state index contributed by atoms with van der Waals surface area (Å²) in [6, 6.07) is 39.9. The van der Waals surface area contributed by atoms with Crippen LogP contribution in [0.1, 0.15) is 141 Å². The molecule has 11 heteroatoms. The number of ether oxygens (including phenoxy) is 2. The van der Waals surface area contributed by atoms with E-state index in [-0.39, 0.29) is 93.8 Å². The first kappa shape index (κ1) is 68.9. The average molecular weight is 961 g/mol. The highest BCUT2D eigenvalue weighted by atomic mass is 16.5. The first-order valence-electron chi connectivity index (χ1n) is 20.3. The summed E-state index contributed by atoms with van der Waals surface area (Å²) in [6.07, 6.45) is 6.84. The fourth-order valence-corrected chi connectivity index (χ4v) is 5.91. The van der Waals surface area contributed by atoms with E-state index >= 15 is 0 Å². The lowest BCUT2D eigenvalue weighted by molar-refractivity contribution is 0.100. The van der Waals surface area contributed by atoms with Crippen molar-refractivity contribution < 1.29 is 33.8 Å². The largest absolute Gasteiger partial charge is 0.508 e. The Kier molecular flexibility index (Phi) is 34.1. The van der Waals surface area contributed by atoms with E-state index in [2.05, 4.69) is 47.3 Å². The first-order valence-corrected chi connectivity index (χ1v) is 20.3. The second-order valence-corrected chi connectivity index (χ2v) is 14.8. The third-order valence-electron chi connectivity index (χ3n) is 9.27. The molecule has 0 spiro atoms. The van der Waals surface area contributed by atoms with Crippen molar-refractivity contribution in [2.75, 3.05) is 34.9 Å². The maximum atomic E-state index is 12.6. The van der Waals surface area contributed by atoms with Crippen molar-refractivity contribution >= 4 is 46.1 Å². The van der Waals surface area contributed by atoms with Crippen LogP contribution in [0, 0.1) is 5.92 Å². The minimum atomic E-state index is -0.477. The van der Waals surface area contributed by atoms with Crippen molar-refractivity contribution in [2.24, 2.45) is 5.92 Å². The van der Waals surface area contributed by atoms with Crippen LogP contribution in [0.4, 0.5) is 22.7 Å². The zero-order chi connectivity index (χ0) is 44.4. The van der Waals surface area contributed by atoms with Crippen molar-refractivity contribution in [2.45, 2.75) is 99.9 Å². The highest BCUT2D eigenvalue weighted by molar-refractivity contribution is 6.07. The molecule has 0 saturated carbocycles. The maximum Gasteiger partial charge on any atom is 0.255 e. The predicted octanol–water partition coefficient (Wildman–Crippen LogP) is 17.1. The summed E-state index contributed by atoms with van der Waals surface area (Å²) >= 11 is 0. The van der Waals surface area contributed by atoms with Crippen LogP contribution in [-0.2, 0) is 0 Å². The molecule has 0 bridgehead atoms. The van der Waals surface area contributed by atoms with Crippen LogP contribution in [0.15, 0.2) is 152 Å². The quantitative estimate of drug-likeness (QED) is 0.0444. The Hall–Kier alpha value is -7.66. The highest BCUT2D eigenvalue weighted by Gasteiger charge is 2.13. The van der Waals surface area contributed by atoms with E-state index in [1.807, 2.05) is 55.6 Å². The standard InChI is InChI=1S/C30H24N2O6.C21H28N2O.8CH4/c1-18(33)20-5-3-6-21(13-20)29(36)32-25-7-4-8-28(17-25)38-27-11-9-24(10-12-27)31-30(37)23-14-22(19(2)34)15-26(35)16-23;1-17(2)8-5-4-6-15-23-18-11-13-20(14-12-18)24-21-10-7-9-19(16-21)22-3;;;;;;;;/h3-17,35H,1-2H3,(H,31,37)(H,32,36);4,6-7,9-14,16-17,22-23H,5,8,15H2,1-3H3;8*1H4. The lowest BCUT2D eigenvalue weighted by Crippen LogP contribution is -2.12. The zero-order valence-corrected chi connectivity index (χ0v) is 35.5. The second-order valence-electron chi connectivity index (χ2n) is 14.8. The number of hydrogen-bond donors (Lipinski definition) is 5. The van der Waals surface area contributed by atoms with Gasteiger partial charge in [-0.15, -0.1) is 0 Å². The predicted molar refractivity (Wildman–Crippen MR) is 301 cm³/mol. The summed E-state index contributed by atoms with van der Waals surface area (Å²) < 4.78 is 11.8. The molecule has 0 unspecified atom stereocenters. The van der Waals surface area contributed by atoms with E-state index in [9.17, 15) is 24.3 Å². The third-order valence-corrected chi connectivity index (χ3v) is 9.27. The van der Waals surface area contributed by atoms with Crippen LogP contribution in [0.3, 0.4) is 0 Å². The summed E-state index contributed by atoms with van der Waals surface area (Å²) in [5.41, 5.74) is 4.35. The van der Waals surface area contributed by atoms with E-state index in [0.717, 1.165) is 41.8 Å². The molecule has 0 aliphatic carbocycles. The smallest absolute Gasteiger partial charge is 0.255 e. The molecule has 2 amide bonds. The van der Waals surface area contributed by atoms with Crippen LogP contribution in [0.2, 0.25) is 0 Å². The summed E-state index contributed by atoms with van der Waals surface area (Å²) in [6.45, 7) is 8.16. The summed E-state index contributed by atoms with van der Waals surface area (Å²) in [5, 5.41) is 21.8. The molecule has 6 aromatic rings. The summed E-state index contributed by atoms with van der Waals surface area (Å²) in [7, 11) is 1.90. The van der Waals surface area contributed by atoms with Gasteiger partial charge >= 0.3 is 0 Å². The molecule has 5 N–H and O–H groups in total. The number of aromatic hydroxyl groups is 1. The number of carbonyl (C=O) groups excluding carboxylic acids is 4. The molecule has 0 aliphatic rings. The van der Waals surface area contributed by atoms with E-state index in [1.165, 1.54) is 38.5 Å². The van der Waals surface area contributed by atoms with Crippen LogP contribution in [0.25, 0.3) is 0 Å². The Labute approximate surface area is 421 Å². The van der Waals surface area contributed by atoms with Crippen LogP contribution < -0.4 is 30.7 Å². The van der Waals surface area contributed by atoms with Gasteiger partial charge in [-0.25, -0.2) is 0 Å². The number of phenolic OH excluding ortho intramolecular Hbond substituents is 1. The number of Topliss-reactive ketones (excluding diaryl/α,β-unsaturated/α-hetero) is 2. The molecule has 6 aromatic carbocycles. The lowest BCUT2D eigenvalue weighted by atomic mass is 10.1. The fraction of sp³-hybridized carbons (Fsp3) is 0.288. The highest BCUT2D eigenvalue weighted by Crippen LogP contribution is 2.28. The topological polar surface area (TPSA) is 155 Å². The second kappa shape index (κ2) is 34.6. The first-order chi connectivity index (χ1) is 29.8. The summed E-state index contributed by atoms with van der Waals surface area (Å²) in [5.74, 6) is 2.02. The van der Waals surface area contributed by atoms with Gasteiger partial charge in [0.15, 0.2) is 11.6 Å². The van der Waals surface area contributed by atoms with Crippen molar-refractivity contribution in [1.29, 1.82) is 0 Å². The van der Waals surface area contributed by atoms with Crippen LogP contribution in [0.5, 0.6) is 28.7 Å². The van der Waals surface area contributed by atoms with E-state index in [4.69, 9.17) is 9.47 Å². The van der Waals surface area contributed by atoms with Crippen molar-refractivity contribution in [3.8, 4) is 28.7 Å². The van der Waals surface area contributed by atoms with Crippen molar-refractivity contribution in [3.05, 3.63) is 174 Å². The molecule has 0 heterocycles. The SMILES string of the molecule is C.C.C.C.C.C.C.C.CC(=O)c1cccc(C(=O)Nc2cccc(Oc3ccc(NC(=O)c4cc(O)cc(C(C)=O)c4)cc3)c2)c1.CNc1cccc(Oc2ccc(NCC=CCCC(C)C)cc2)c1. The van der Waals surface area contributed by atoms with E-state index in [0.29, 0.717) is 34.0 Å². The molecule has 0 saturated heterocycles. The van der Waals surface area contributed by atoms with Gasteiger partial charge in [-0.05, 0) is 136 Å². The number of ketones is 2. The van der Waals surface area contributed by atoms with Gasteiger partial charge in [0.2, 0.25) is 0 Å². The molecule has 6 rings (SSSR count). The number of anilines is 4. The number of carbonyl (C=O) groups is 4. The molecular weight excluding hydrogens is 877 g/mol. The van der Waals surface area contributed by atoms with Crippen LogP contribution in [-0.4, -0.2) is 42.1 Å². The number of nitrogens with one attached hydrogen (secondary N) is 4. The minimum Gasteiger partial charge on any atom is -0.508 e. The minimum absolute atomic E-state index is 0. The van der Waals surface area contributed by atoms with Gasteiger partial charge in [0.25, 0.3) is 11.8 Å². The van der Waals surface area contributed by atoms with Gasteiger partial charge in [-0.2, -0.15) is 0 Å². The number of rotatable bonds is 17. The molecule has 0 aromatic heterocycles. The third kappa shape index (κ3) is 22.4. The van der Waals surface area contributed by atoms with Gasteiger partial charge < -0.3 is 35.8 Å². The Bertz CT molecular complexity index is 2500. The molecule has 0 atom stereocenters. The summed E-state index contributed by atoms with van der Waals surface area (Å²) in [4.78, 5) is 48.4. The van der Waals surface area contributed by atoms with Gasteiger partial charge in [-0.3, -0.25) is 19.2 Å². The number of hydrogen-bond acceptors (Lipinski definition) is 9. The van der Waals surface area contributed by atoms with Crippen LogP contribution >= 0.6 is 0 Å². The fourth-order valence-electron chi connectivity index (χ4n) is 5.91. The van der Waals surface area contributed by atoms with E-state index in [1.54, 1.807) is 72.8 Å². The molecule has 11 nitrogen and oxygen atoms in total. The molecule has 0 aliphatic heterocycles. The molecule has 0 fully saturated rings. The molecule has 0 radical (unpaired) electrons. The Morgan fingerprint density at radius 1 is 0.500 bits per heavy atom. The van der Waals surface area contributed by atoms with Gasteiger partial charge in [-0.1, -0.05) is 110 Å². The van der Waals surface area contributed by atoms with Crippen molar-refractivity contribution in [1.82, 2.24) is 0 Å². The Balaban J connectivity index is -0.000000602. The number of amides is 2. The number of phenols is 1. The Morgan fingerprint density at radius 3 is 1.50 bits per heavy atom. The average Bonchev–Trinajstić information content (AvgIpc) is 3.26.